The van der Waals surface area contributed by atoms with Crippen LogP contribution in [0.15, 0.2) is 23.0 Å². The average Bonchev–Trinajstić information content (AvgIpc) is 2.04. The Bertz CT molecular complexity index is 107. The fourth-order valence-electron chi connectivity index (χ4n) is 0.165. The minimum atomic E-state index is 1.51. The second-order valence-corrected chi connectivity index (χ2v) is 1.22. The van der Waals surface area contributed by atoms with E-state index in [0.717, 1.165) is 0 Å². The second-order valence-electron chi connectivity index (χ2n) is 1.22. The van der Waals surface area contributed by atoms with E-state index in [1.165, 1.54) is 6.34 Å². The van der Waals surface area contributed by atoms with Gasteiger partial charge < -0.3 is 4.90 Å². The second kappa shape index (κ2) is 10.8. The van der Waals surface area contributed by atoms with Gasteiger partial charge >= 0.3 is 0 Å². The molecule has 0 N–H and O–H groups in total. The van der Waals surface area contributed by atoms with Gasteiger partial charge in [-0.2, -0.15) is 5.10 Å². The van der Waals surface area contributed by atoms with Crippen molar-refractivity contribution >= 4 is 13.1 Å². The van der Waals surface area contributed by atoms with Crippen LogP contribution in [0.25, 0.3) is 0 Å². The number of rotatable bonds is 3. The molecule has 3 nitrogen and oxygen atoms in total. The van der Waals surface area contributed by atoms with Crippen LogP contribution in [0.4, 0.5) is 0 Å². The van der Waals surface area contributed by atoms with E-state index in [1.807, 2.05) is 20.9 Å². The highest BCUT2D eigenvalue weighted by Crippen LogP contribution is 1.73. The summed E-state index contributed by atoms with van der Waals surface area (Å²) >= 11 is 0. The fraction of sp³-hybridized carbons (Fsp3) is 0.429. The first-order valence-corrected chi connectivity index (χ1v) is 3.15. The van der Waals surface area contributed by atoms with Crippen LogP contribution in [0.2, 0.25) is 0 Å². The predicted molar refractivity (Wildman–Crippen MR) is 47.3 cm³/mol. The highest BCUT2D eigenvalue weighted by atomic mass is 15.2. The van der Waals surface area contributed by atoms with Crippen molar-refractivity contribution in [2.24, 2.45) is 10.2 Å². The van der Waals surface area contributed by atoms with Gasteiger partial charge in [0.15, 0.2) is 0 Å². The van der Waals surface area contributed by atoms with Crippen LogP contribution in [0.1, 0.15) is 13.8 Å². The maximum Gasteiger partial charge on any atom is 0.117 e. The minimum Gasteiger partial charge on any atom is -0.341 e. The first-order valence-electron chi connectivity index (χ1n) is 3.15. The van der Waals surface area contributed by atoms with Gasteiger partial charge in [-0.05, 0) is 6.20 Å². The van der Waals surface area contributed by atoms with Gasteiger partial charge in [0.2, 0.25) is 0 Å². The van der Waals surface area contributed by atoms with Crippen LogP contribution in [0.3, 0.4) is 0 Å². The van der Waals surface area contributed by atoms with Crippen molar-refractivity contribution in [2.75, 3.05) is 7.05 Å². The Hall–Kier alpha value is -1.12. The molecule has 3 heteroatoms. The van der Waals surface area contributed by atoms with Crippen molar-refractivity contribution in [1.29, 1.82) is 0 Å². The third kappa shape index (κ3) is 9.99. The lowest BCUT2D eigenvalue weighted by Crippen LogP contribution is -2.04. The lowest BCUT2D eigenvalue weighted by atomic mass is 10.8. The van der Waals surface area contributed by atoms with Crippen molar-refractivity contribution in [2.45, 2.75) is 13.8 Å². The van der Waals surface area contributed by atoms with Gasteiger partial charge in [0, 0.05) is 13.8 Å². The van der Waals surface area contributed by atoms with E-state index in [4.69, 9.17) is 0 Å². The maximum absolute atomic E-state index is 3.49. The molecule has 0 fully saturated rings. The van der Waals surface area contributed by atoms with E-state index in [0.29, 0.717) is 0 Å². The molecule has 0 aromatic rings. The van der Waals surface area contributed by atoms with Gasteiger partial charge in [-0.1, -0.05) is 20.4 Å². The number of hydrogen-bond donors (Lipinski definition) is 0. The van der Waals surface area contributed by atoms with Gasteiger partial charge in [0.25, 0.3) is 0 Å². The topological polar surface area (TPSA) is 28.0 Å². The summed E-state index contributed by atoms with van der Waals surface area (Å²) in [6, 6.07) is 0. The Balaban J connectivity index is 0. The van der Waals surface area contributed by atoms with Gasteiger partial charge in [0.05, 0.1) is 0 Å². The summed E-state index contributed by atoms with van der Waals surface area (Å²) in [5, 5.41) is 6.74. The van der Waals surface area contributed by atoms with Crippen molar-refractivity contribution in [3.05, 3.63) is 12.8 Å². The van der Waals surface area contributed by atoms with Crippen LogP contribution >= 0.6 is 0 Å². The molecule has 0 saturated heterocycles. The van der Waals surface area contributed by atoms with Crippen LogP contribution in [0, 0.1) is 0 Å². The van der Waals surface area contributed by atoms with Gasteiger partial charge in [0.1, 0.15) is 6.34 Å². The maximum atomic E-state index is 3.49. The quantitative estimate of drug-likeness (QED) is 0.334. The molecule has 0 rings (SSSR count). The average molecular weight is 141 g/mol. The zero-order valence-electron chi connectivity index (χ0n) is 6.91. The molecule has 0 aliphatic rings. The minimum absolute atomic E-state index is 1.51. The highest BCUT2D eigenvalue weighted by molar-refractivity contribution is 5.55. The lowest BCUT2D eigenvalue weighted by molar-refractivity contribution is 0.709. The zero-order chi connectivity index (χ0) is 8.41. The van der Waals surface area contributed by atoms with Crippen LogP contribution in [0.5, 0.6) is 0 Å². The van der Waals surface area contributed by atoms with E-state index in [-0.39, 0.29) is 0 Å². The molecule has 0 aliphatic carbocycles. The summed E-state index contributed by atoms with van der Waals surface area (Å²) in [6.07, 6.45) is 3.13. The predicted octanol–water partition coefficient (Wildman–Crippen LogP) is 1.73. The molecule has 0 heterocycles. The number of hydrogen-bond acceptors (Lipinski definition) is 2. The van der Waals surface area contributed by atoms with Crippen molar-refractivity contribution in [1.82, 2.24) is 4.90 Å². The molecule has 0 atom stereocenters. The molecule has 58 valence electrons. The third-order valence-corrected chi connectivity index (χ3v) is 0.603. The van der Waals surface area contributed by atoms with Crippen molar-refractivity contribution < 1.29 is 0 Å². The Kier molecular flexibility index (Phi) is 12.6. The SMILES string of the molecule is C=CN(C)/C=N\N=C.CC. The first kappa shape index (κ1) is 11.6. The van der Waals surface area contributed by atoms with E-state index in [2.05, 4.69) is 23.5 Å². The standard InChI is InChI=1S/C5H9N3.C2H6/c1-4-8(3)5-7-6-2;1-2/h4-5H,1-2H2,3H3;1-2H3/b7-5-;. The summed E-state index contributed by atoms with van der Waals surface area (Å²) in [4.78, 5) is 1.68. The molecule has 0 aromatic carbocycles. The van der Waals surface area contributed by atoms with E-state index in [1.54, 1.807) is 11.1 Å². The van der Waals surface area contributed by atoms with Gasteiger partial charge in [-0.25, -0.2) is 0 Å². The molecule has 0 aromatic heterocycles. The Morgan fingerprint density at radius 1 is 1.40 bits per heavy atom. The number of nitrogens with zero attached hydrogens (tertiary/aromatic N) is 3. The van der Waals surface area contributed by atoms with Crippen LogP contribution in [-0.2, 0) is 0 Å². The molecule has 10 heavy (non-hydrogen) atoms. The van der Waals surface area contributed by atoms with E-state index < -0.39 is 0 Å². The molecule has 0 saturated carbocycles. The molecule has 0 amide bonds. The summed E-state index contributed by atoms with van der Waals surface area (Å²) < 4.78 is 0. The van der Waals surface area contributed by atoms with Crippen LogP contribution < -0.4 is 0 Å². The summed E-state index contributed by atoms with van der Waals surface area (Å²) in [5.41, 5.74) is 0. The molecule has 0 radical (unpaired) electrons. The molecular formula is C7H15N3. The van der Waals surface area contributed by atoms with Crippen LogP contribution in [-0.4, -0.2) is 25.0 Å². The van der Waals surface area contributed by atoms with E-state index in [9.17, 15) is 0 Å². The Morgan fingerprint density at radius 2 is 1.90 bits per heavy atom. The molecular weight excluding hydrogens is 126 g/mol. The Labute approximate surface area is 62.8 Å². The molecule has 0 spiro atoms. The summed E-state index contributed by atoms with van der Waals surface area (Å²) in [6.45, 7) is 10.6. The lowest BCUT2D eigenvalue weighted by Gasteiger charge is -2.00. The van der Waals surface area contributed by atoms with Crippen molar-refractivity contribution in [3.63, 3.8) is 0 Å². The molecule has 0 bridgehead atoms. The fourth-order valence-corrected chi connectivity index (χ4v) is 0.165. The molecule has 0 aliphatic heterocycles. The Morgan fingerprint density at radius 3 is 2.20 bits per heavy atom. The van der Waals surface area contributed by atoms with Crippen molar-refractivity contribution in [3.8, 4) is 0 Å². The zero-order valence-corrected chi connectivity index (χ0v) is 6.91. The van der Waals surface area contributed by atoms with Gasteiger partial charge in [-0.3, -0.25) is 0 Å². The van der Waals surface area contributed by atoms with E-state index >= 15 is 0 Å². The third-order valence-electron chi connectivity index (χ3n) is 0.603. The summed E-state index contributed by atoms with van der Waals surface area (Å²) in [7, 11) is 1.81. The monoisotopic (exact) mass is 141 g/mol. The molecule has 0 unspecified atom stereocenters. The first-order chi connectivity index (χ1) is 4.81. The summed E-state index contributed by atoms with van der Waals surface area (Å²) in [5.74, 6) is 0. The normalized spacial score (nSPS) is 7.90. The van der Waals surface area contributed by atoms with Gasteiger partial charge in [-0.15, -0.1) is 5.10 Å². The highest BCUT2D eigenvalue weighted by Gasteiger charge is 1.74. The smallest absolute Gasteiger partial charge is 0.117 e. The largest absolute Gasteiger partial charge is 0.341 e.